The van der Waals surface area contributed by atoms with Crippen LogP contribution in [-0.2, 0) is 19.1 Å². The van der Waals surface area contributed by atoms with Gasteiger partial charge in [0.05, 0.1) is 6.42 Å². The Morgan fingerprint density at radius 3 is 2.13 bits per heavy atom. The van der Waals surface area contributed by atoms with Gasteiger partial charge in [-0.15, -0.1) is 0 Å². The van der Waals surface area contributed by atoms with Crippen molar-refractivity contribution in [1.82, 2.24) is 9.80 Å². The van der Waals surface area contributed by atoms with Crippen molar-refractivity contribution in [2.45, 2.75) is 39.2 Å². The normalized spacial score (nSPS) is 15.1. The fraction of sp³-hybridized carbons (Fsp3) is 0.688. The van der Waals surface area contributed by atoms with E-state index in [0.717, 1.165) is 0 Å². The number of piperazine rings is 1. The minimum Gasteiger partial charge on any atom is -0.461 e. The summed E-state index contributed by atoms with van der Waals surface area (Å²) in [5.41, 5.74) is -0.532. The summed E-state index contributed by atoms with van der Waals surface area (Å²) in [5, 5.41) is 0. The molecule has 1 saturated heterocycles. The van der Waals surface area contributed by atoms with Crippen LogP contribution in [0.15, 0.2) is 12.7 Å². The van der Waals surface area contributed by atoms with E-state index >= 15 is 0 Å². The summed E-state index contributed by atoms with van der Waals surface area (Å²) >= 11 is 0. The molecule has 1 aliphatic rings. The van der Waals surface area contributed by atoms with Crippen molar-refractivity contribution >= 4 is 18.0 Å². The molecule has 0 aromatic heterocycles. The first-order valence-corrected chi connectivity index (χ1v) is 7.75. The zero-order valence-electron chi connectivity index (χ0n) is 14.2. The summed E-state index contributed by atoms with van der Waals surface area (Å²) in [5.74, 6) is -0.518. The topological polar surface area (TPSA) is 76.2 Å². The Bertz CT molecular complexity index is 448. The van der Waals surface area contributed by atoms with Gasteiger partial charge in [-0.1, -0.05) is 12.7 Å². The molecule has 0 atom stereocenters. The Balaban J connectivity index is 2.32. The number of esters is 1. The van der Waals surface area contributed by atoms with Crippen LogP contribution in [0.2, 0.25) is 0 Å². The van der Waals surface area contributed by atoms with Crippen LogP contribution in [0.3, 0.4) is 0 Å². The third-order valence-corrected chi connectivity index (χ3v) is 3.19. The van der Waals surface area contributed by atoms with Crippen molar-refractivity contribution in [2.75, 3.05) is 32.8 Å². The van der Waals surface area contributed by atoms with Crippen molar-refractivity contribution in [3.63, 3.8) is 0 Å². The smallest absolute Gasteiger partial charge is 0.410 e. The van der Waals surface area contributed by atoms with Crippen LogP contribution in [0.5, 0.6) is 0 Å². The number of carbonyl (C=O) groups is 3. The molecular formula is C16H26N2O5. The average molecular weight is 326 g/mol. The quantitative estimate of drug-likeness (QED) is 0.566. The summed E-state index contributed by atoms with van der Waals surface area (Å²) in [7, 11) is 0. The van der Waals surface area contributed by atoms with Crippen LogP contribution in [0, 0.1) is 0 Å². The van der Waals surface area contributed by atoms with Crippen LogP contribution in [0.25, 0.3) is 0 Å². The zero-order chi connectivity index (χ0) is 17.5. The lowest BCUT2D eigenvalue weighted by molar-refractivity contribution is -0.145. The first-order chi connectivity index (χ1) is 10.7. The predicted octanol–water partition coefficient (Wildman–Crippen LogP) is 1.58. The Kier molecular flexibility index (Phi) is 7.06. The molecule has 1 aliphatic heterocycles. The van der Waals surface area contributed by atoms with Crippen LogP contribution in [-0.4, -0.2) is 66.2 Å². The van der Waals surface area contributed by atoms with Gasteiger partial charge in [0.2, 0.25) is 5.91 Å². The van der Waals surface area contributed by atoms with Gasteiger partial charge in [0, 0.05) is 32.6 Å². The van der Waals surface area contributed by atoms with E-state index in [9.17, 15) is 14.4 Å². The number of hydrogen-bond donors (Lipinski definition) is 0. The molecule has 7 nitrogen and oxygen atoms in total. The van der Waals surface area contributed by atoms with Gasteiger partial charge in [0.1, 0.15) is 12.2 Å². The second kappa shape index (κ2) is 8.55. The molecule has 0 saturated carbocycles. The SMILES string of the molecule is C=CCOC(=O)CCC(=O)N1CCN(C(=O)OC(C)(C)C)CC1. The monoisotopic (exact) mass is 326 g/mol. The Hall–Kier alpha value is -2.05. The largest absolute Gasteiger partial charge is 0.461 e. The maximum atomic E-state index is 12.0. The highest BCUT2D eigenvalue weighted by molar-refractivity contribution is 5.81. The standard InChI is InChI=1S/C16H26N2O5/c1-5-12-22-14(20)7-6-13(19)17-8-10-18(11-9-17)15(21)23-16(2,3)4/h5H,1,6-12H2,2-4H3. The molecule has 1 fully saturated rings. The van der Waals surface area contributed by atoms with Crippen LogP contribution < -0.4 is 0 Å². The van der Waals surface area contributed by atoms with Gasteiger partial charge >= 0.3 is 12.1 Å². The lowest BCUT2D eigenvalue weighted by Gasteiger charge is -2.35. The first-order valence-electron chi connectivity index (χ1n) is 7.75. The van der Waals surface area contributed by atoms with Crippen molar-refractivity contribution < 1.29 is 23.9 Å². The molecule has 2 amide bonds. The highest BCUT2D eigenvalue weighted by Gasteiger charge is 2.27. The molecule has 0 aliphatic carbocycles. The summed E-state index contributed by atoms with van der Waals surface area (Å²) in [6.07, 6.45) is 1.29. The number of rotatable bonds is 5. The molecule has 1 rings (SSSR count). The average Bonchev–Trinajstić information content (AvgIpc) is 2.49. The van der Waals surface area contributed by atoms with Gasteiger partial charge in [-0.2, -0.15) is 0 Å². The lowest BCUT2D eigenvalue weighted by atomic mass is 10.2. The molecule has 0 spiro atoms. The zero-order valence-corrected chi connectivity index (χ0v) is 14.2. The van der Waals surface area contributed by atoms with Gasteiger partial charge in [0.25, 0.3) is 0 Å². The number of amides is 2. The maximum Gasteiger partial charge on any atom is 0.410 e. The summed E-state index contributed by atoms with van der Waals surface area (Å²) in [4.78, 5) is 38.6. The highest BCUT2D eigenvalue weighted by atomic mass is 16.6. The molecule has 0 unspecified atom stereocenters. The molecule has 0 bridgehead atoms. The number of ether oxygens (including phenoxy) is 2. The Labute approximate surface area is 137 Å². The molecule has 130 valence electrons. The van der Waals surface area contributed by atoms with Crippen LogP contribution >= 0.6 is 0 Å². The van der Waals surface area contributed by atoms with E-state index < -0.39 is 11.6 Å². The number of carbonyl (C=O) groups excluding carboxylic acids is 3. The Morgan fingerprint density at radius 1 is 1.04 bits per heavy atom. The second-order valence-corrected chi connectivity index (χ2v) is 6.32. The molecule has 7 heteroatoms. The van der Waals surface area contributed by atoms with Crippen molar-refractivity contribution in [2.24, 2.45) is 0 Å². The van der Waals surface area contributed by atoms with Crippen molar-refractivity contribution in [3.05, 3.63) is 12.7 Å². The Morgan fingerprint density at radius 2 is 1.61 bits per heavy atom. The van der Waals surface area contributed by atoms with Crippen LogP contribution in [0.4, 0.5) is 4.79 Å². The van der Waals surface area contributed by atoms with E-state index in [4.69, 9.17) is 9.47 Å². The molecule has 0 aromatic carbocycles. The van der Waals surface area contributed by atoms with Gasteiger partial charge < -0.3 is 19.3 Å². The van der Waals surface area contributed by atoms with E-state index in [1.54, 1.807) is 9.80 Å². The highest BCUT2D eigenvalue weighted by Crippen LogP contribution is 2.12. The van der Waals surface area contributed by atoms with Crippen molar-refractivity contribution in [1.29, 1.82) is 0 Å². The summed E-state index contributed by atoms with van der Waals surface area (Å²) in [6, 6.07) is 0. The van der Waals surface area contributed by atoms with Gasteiger partial charge in [-0.05, 0) is 20.8 Å². The fourth-order valence-corrected chi connectivity index (χ4v) is 2.06. The molecule has 0 radical (unpaired) electrons. The second-order valence-electron chi connectivity index (χ2n) is 6.32. The van der Waals surface area contributed by atoms with Gasteiger partial charge in [-0.3, -0.25) is 9.59 Å². The lowest BCUT2D eigenvalue weighted by Crippen LogP contribution is -2.51. The third-order valence-electron chi connectivity index (χ3n) is 3.19. The predicted molar refractivity (Wildman–Crippen MR) is 84.8 cm³/mol. The maximum absolute atomic E-state index is 12.0. The van der Waals surface area contributed by atoms with Crippen LogP contribution in [0.1, 0.15) is 33.6 Å². The van der Waals surface area contributed by atoms with E-state index in [1.165, 1.54) is 6.08 Å². The fourth-order valence-electron chi connectivity index (χ4n) is 2.06. The van der Waals surface area contributed by atoms with Gasteiger partial charge in [0.15, 0.2) is 0 Å². The van der Waals surface area contributed by atoms with E-state index in [2.05, 4.69) is 6.58 Å². The van der Waals surface area contributed by atoms with E-state index in [-0.39, 0.29) is 31.4 Å². The minimum absolute atomic E-state index is 0.0545. The molecule has 0 aromatic rings. The van der Waals surface area contributed by atoms with Crippen molar-refractivity contribution in [3.8, 4) is 0 Å². The molecule has 23 heavy (non-hydrogen) atoms. The summed E-state index contributed by atoms with van der Waals surface area (Å²) in [6.45, 7) is 10.8. The molecular weight excluding hydrogens is 300 g/mol. The minimum atomic E-state index is -0.532. The van der Waals surface area contributed by atoms with Gasteiger partial charge in [-0.25, -0.2) is 4.79 Å². The summed E-state index contributed by atoms with van der Waals surface area (Å²) < 4.78 is 10.1. The number of nitrogens with zero attached hydrogens (tertiary/aromatic N) is 2. The first kappa shape index (κ1) is 19.0. The molecule has 0 N–H and O–H groups in total. The van der Waals surface area contributed by atoms with E-state index in [1.807, 2.05) is 20.8 Å². The number of hydrogen-bond acceptors (Lipinski definition) is 5. The molecule has 1 heterocycles. The van der Waals surface area contributed by atoms with E-state index in [0.29, 0.717) is 26.2 Å². The third kappa shape index (κ3) is 7.17.